The molecule has 1 N–H and O–H groups in total. The predicted molar refractivity (Wildman–Crippen MR) is 96.6 cm³/mol. The smallest absolute Gasteiger partial charge is 0.231 e. The third-order valence-electron chi connectivity index (χ3n) is 3.80. The summed E-state index contributed by atoms with van der Waals surface area (Å²) in [6.45, 7) is 3.47. The Morgan fingerprint density at radius 3 is 2.96 bits per heavy atom. The van der Waals surface area contributed by atoms with Gasteiger partial charge in [-0.2, -0.15) is 9.36 Å². The van der Waals surface area contributed by atoms with Crippen LogP contribution >= 0.6 is 11.5 Å². The van der Waals surface area contributed by atoms with E-state index >= 15 is 0 Å². The molecule has 6 nitrogen and oxygen atoms in total. The Balaban J connectivity index is 1.30. The molecule has 1 aliphatic rings. The van der Waals surface area contributed by atoms with Crippen molar-refractivity contribution in [3.05, 3.63) is 48.0 Å². The number of benzene rings is 2. The van der Waals surface area contributed by atoms with E-state index in [4.69, 9.17) is 14.2 Å². The maximum Gasteiger partial charge on any atom is 0.231 e. The van der Waals surface area contributed by atoms with E-state index in [1.165, 1.54) is 11.5 Å². The third-order valence-corrected chi connectivity index (χ3v) is 4.48. The number of aromatic nitrogens is 2. The number of nitrogens with one attached hydrogen (secondary N) is 1. The summed E-state index contributed by atoms with van der Waals surface area (Å²) in [4.78, 5) is 4.54. The van der Waals surface area contributed by atoms with Crippen molar-refractivity contribution in [3.8, 4) is 28.6 Å². The first kappa shape index (κ1) is 15.7. The summed E-state index contributed by atoms with van der Waals surface area (Å²) in [5, 5.41) is 4.03. The second-order valence-corrected chi connectivity index (χ2v) is 6.28. The first-order chi connectivity index (χ1) is 12.3. The average Bonchev–Trinajstić information content (AvgIpc) is 3.28. The maximum absolute atomic E-state index is 5.72. The van der Waals surface area contributed by atoms with Crippen LogP contribution in [0.2, 0.25) is 0 Å². The molecule has 25 heavy (non-hydrogen) atoms. The first-order valence-electron chi connectivity index (χ1n) is 7.95. The third kappa shape index (κ3) is 3.51. The fourth-order valence-corrected chi connectivity index (χ4v) is 3.13. The molecule has 0 fully saturated rings. The summed E-state index contributed by atoms with van der Waals surface area (Å²) in [6.07, 6.45) is 0. The molecule has 0 bridgehead atoms. The maximum atomic E-state index is 5.72. The minimum absolute atomic E-state index is 0.264. The Hall–Kier alpha value is -2.80. The zero-order chi connectivity index (χ0) is 17.1. The Kier molecular flexibility index (Phi) is 4.39. The van der Waals surface area contributed by atoms with Crippen molar-refractivity contribution in [2.24, 2.45) is 0 Å². The Morgan fingerprint density at radius 1 is 1.16 bits per heavy atom. The highest BCUT2D eigenvalue weighted by atomic mass is 32.1. The largest absolute Gasteiger partial charge is 0.492 e. The molecule has 0 amide bonds. The van der Waals surface area contributed by atoms with Gasteiger partial charge in [0.25, 0.3) is 0 Å². The Bertz CT molecular complexity index is 882. The van der Waals surface area contributed by atoms with Gasteiger partial charge in [-0.1, -0.05) is 24.3 Å². The van der Waals surface area contributed by atoms with E-state index in [0.29, 0.717) is 13.2 Å². The van der Waals surface area contributed by atoms with Crippen molar-refractivity contribution in [2.45, 2.75) is 6.92 Å². The van der Waals surface area contributed by atoms with Crippen LogP contribution in [0.1, 0.15) is 5.56 Å². The SMILES string of the molecule is Cc1ccccc1-c1nsc(NCCOc2ccc3c(c2)OCO3)n1. The van der Waals surface area contributed by atoms with E-state index in [9.17, 15) is 0 Å². The molecule has 0 radical (unpaired) electrons. The van der Waals surface area contributed by atoms with Crippen molar-refractivity contribution >= 4 is 16.7 Å². The number of aryl methyl sites for hydroxylation is 1. The van der Waals surface area contributed by atoms with Crippen molar-refractivity contribution in [2.75, 3.05) is 25.3 Å². The van der Waals surface area contributed by atoms with Gasteiger partial charge in [0.05, 0.1) is 6.54 Å². The normalized spacial score (nSPS) is 12.2. The second-order valence-electron chi connectivity index (χ2n) is 5.53. The van der Waals surface area contributed by atoms with Crippen LogP contribution in [0.4, 0.5) is 5.13 Å². The van der Waals surface area contributed by atoms with Gasteiger partial charge in [-0.25, -0.2) is 0 Å². The highest BCUT2D eigenvalue weighted by Gasteiger charge is 2.13. The van der Waals surface area contributed by atoms with Crippen molar-refractivity contribution in [1.82, 2.24) is 9.36 Å². The topological polar surface area (TPSA) is 65.5 Å². The lowest BCUT2D eigenvalue weighted by Crippen LogP contribution is -2.11. The first-order valence-corrected chi connectivity index (χ1v) is 8.73. The highest BCUT2D eigenvalue weighted by Crippen LogP contribution is 2.35. The van der Waals surface area contributed by atoms with Gasteiger partial charge in [-0.3, -0.25) is 0 Å². The van der Waals surface area contributed by atoms with Gasteiger partial charge in [0.15, 0.2) is 17.3 Å². The lowest BCUT2D eigenvalue weighted by Gasteiger charge is -2.07. The van der Waals surface area contributed by atoms with Crippen LogP contribution in [0.3, 0.4) is 0 Å². The minimum atomic E-state index is 0.264. The lowest BCUT2D eigenvalue weighted by atomic mass is 10.1. The van der Waals surface area contributed by atoms with Crippen LogP contribution in [0.5, 0.6) is 17.2 Å². The van der Waals surface area contributed by atoms with E-state index < -0.39 is 0 Å². The molecule has 0 saturated carbocycles. The van der Waals surface area contributed by atoms with E-state index in [1.807, 2.05) is 36.4 Å². The van der Waals surface area contributed by atoms with Gasteiger partial charge in [-0.05, 0) is 24.6 Å². The fraction of sp³-hybridized carbons (Fsp3) is 0.222. The summed E-state index contributed by atoms with van der Waals surface area (Å²) in [5.41, 5.74) is 2.22. The van der Waals surface area contributed by atoms with Crippen LogP contribution < -0.4 is 19.5 Å². The zero-order valence-corrected chi connectivity index (χ0v) is 14.5. The van der Waals surface area contributed by atoms with Gasteiger partial charge in [0.1, 0.15) is 12.4 Å². The van der Waals surface area contributed by atoms with E-state index in [1.54, 1.807) is 0 Å². The van der Waals surface area contributed by atoms with Crippen LogP contribution in [-0.4, -0.2) is 29.3 Å². The number of hydrogen-bond donors (Lipinski definition) is 1. The number of fused-ring (bicyclic) bond motifs is 1. The van der Waals surface area contributed by atoms with Crippen molar-refractivity contribution in [1.29, 1.82) is 0 Å². The number of hydrogen-bond acceptors (Lipinski definition) is 7. The van der Waals surface area contributed by atoms with E-state index in [2.05, 4.69) is 27.7 Å². The highest BCUT2D eigenvalue weighted by molar-refractivity contribution is 7.09. The van der Waals surface area contributed by atoms with Gasteiger partial charge in [0.2, 0.25) is 11.9 Å². The van der Waals surface area contributed by atoms with Gasteiger partial charge in [0, 0.05) is 23.2 Å². The minimum Gasteiger partial charge on any atom is -0.492 e. The van der Waals surface area contributed by atoms with E-state index in [-0.39, 0.29) is 6.79 Å². The molecular formula is C18H17N3O3S. The summed E-state index contributed by atoms with van der Waals surface area (Å²) >= 11 is 1.35. The van der Waals surface area contributed by atoms with Gasteiger partial charge >= 0.3 is 0 Å². The van der Waals surface area contributed by atoms with E-state index in [0.717, 1.165) is 39.3 Å². The quantitative estimate of drug-likeness (QED) is 0.680. The molecule has 1 aliphatic heterocycles. The molecule has 1 aromatic heterocycles. The van der Waals surface area contributed by atoms with Crippen LogP contribution in [0.15, 0.2) is 42.5 Å². The monoisotopic (exact) mass is 355 g/mol. The molecule has 2 aromatic carbocycles. The second kappa shape index (κ2) is 6.98. The molecule has 128 valence electrons. The fourth-order valence-electron chi connectivity index (χ4n) is 2.52. The number of nitrogens with zero attached hydrogens (tertiary/aromatic N) is 2. The van der Waals surface area contributed by atoms with Gasteiger partial charge in [-0.15, -0.1) is 0 Å². The molecule has 0 aliphatic carbocycles. The van der Waals surface area contributed by atoms with Gasteiger partial charge < -0.3 is 19.5 Å². The van der Waals surface area contributed by atoms with Crippen molar-refractivity contribution in [3.63, 3.8) is 0 Å². The zero-order valence-electron chi connectivity index (χ0n) is 13.7. The Morgan fingerprint density at radius 2 is 2.04 bits per heavy atom. The average molecular weight is 355 g/mol. The number of ether oxygens (including phenoxy) is 3. The standard InChI is InChI=1S/C18H17N3O3S/c1-12-4-2-3-5-14(12)17-20-18(25-21-17)19-8-9-22-13-6-7-15-16(10-13)24-11-23-15/h2-7,10H,8-9,11H2,1H3,(H,19,20,21). The molecule has 0 atom stereocenters. The molecule has 7 heteroatoms. The molecule has 0 spiro atoms. The number of anilines is 1. The summed E-state index contributed by atoms with van der Waals surface area (Å²) < 4.78 is 20.8. The Labute approximate surface area is 149 Å². The summed E-state index contributed by atoms with van der Waals surface area (Å²) in [5.74, 6) is 2.98. The summed E-state index contributed by atoms with van der Waals surface area (Å²) in [7, 11) is 0. The molecule has 4 rings (SSSR count). The number of rotatable bonds is 6. The summed E-state index contributed by atoms with van der Waals surface area (Å²) in [6, 6.07) is 13.7. The van der Waals surface area contributed by atoms with Crippen molar-refractivity contribution < 1.29 is 14.2 Å². The molecule has 3 aromatic rings. The lowest BCUT2D eigenvalue weighted by molar-refractivity contribution is 0.174. The molecular weight excluding hydrogens is 338 g/mol. The molecule has 0 unspecified atom stereocenters. The van der Waals surface area contributed by atoms with Crippen LogP contribution in [0, 0.1) is 6.92 Å². The predicted octanol–water partition coefficient (Wildman–Crippen LogP) is 3.73. The van der Waals surface area contributed by atoms with Crippen LogP contribution in [-0.2, 0) is 0 Å². The molecule has 2 heterocycles. The van der Waals surface area contributed by atoms with Crippen LogP contribution in [0.25, 0.3) is 11.4 Å². The molecule has 0 saturated heterocycles.